The second-order valence-corrected chi connectivity index (χ2v) is 6.69. The summed E-state index contributed by atoms with van der Waals surface area (Å²) in [5.74, 6) is 1.75. The Bertz CT molecular complexity index is 1010. The SMILES string of the molecule is COc1cc2c(Nc3c(F)ccc(O)c3C)ncnc2cc1OCC1CC1. The van der Waals surface area contributed by atoms with Gasteiger partial charge in [-0.15, -0.1) is 0 Å². The quantitative estimate of drug-likeness (QED) is 0.674. The second-order valence-electron chi connectivity index (χ2n) is 6.69. The fourth-order valence-corrected chi connectivity index (χ4v) is 2.87. The number of phenolic OH excluding ortho intramolecular Hbond substituents is 1. The summed E-state index contributed by atoms with van der Waals surface area (Å²) >= 11 is 0. The van der Waals surface area contributed by atoms with Crippen LogP contribution in [-0.2, 0) is 0 Å². The largest absolute Gasteiger partial charge is 0.508 e. The van der Waals surface area contributed by atoms with Crippen LogP contribution in [0.2, 0.25) is 0 Å². The molecule has 140 valence electrons. The molecule has 0 spiro atoms. The van der Waals surface area contributed by atoms with Gasteiger partial charge >= 0.3 is 0 Å². The zero-order chi connectivity index (χ0) is 19.0. The lowest BCUT2D eigenvalue weighted by atomic mass is 10.1. The molecule has 6 nitrogen and oxygen atoms in total. The molecule has 0 amide bonds. The third kappa shape index (κ3) is 3.45. The summed E-state index contributed by atoms with van der Waals surface area (Å²) in [7, 11) is 1.57. The van der Waals surface area contributed by atoms with Crippen LogP contribution in [0.4, 0.5) is 15.9 Å². The summed E-state index contributed by atoms with van der Waals surface area (Å²) in [6.07, 6.45) is 3.79. The van der Waals surface area contributed by atoms with E-state index < -0.39 is 5.82 Å². The van der Waals surface area contributed by atoms with Crippen molar-refractivity contribution in [2.75, 3.05) is 19.0 Å². The van der Waals surface area contributed by atoms with E-state index >= 15 is 0 Å². The van der Waals surface area contributed by atoms with Gasteiger partial charge in [-0.2, -0.15) is 0 Å². The van der Waals surface area contributed by atoms with Crippen molar-refractivity contribution in [3.8, 4) is 17.2 Å². The number of aromatic nitrogens is 2. The van der Waals surface area contributed by atoms with E-state index in [-0.39, 0.29) is 11.4 Å². The Kier molecular flexibility index (Phi) is 4.43. The highest BCUT2D eigenvalue weighted by Crippen LogP contribution is 2.38. The lowest BCUT2D eigenvalue weighted by molar-refractivity contribution is 0.281. The molecule has 0 atom stereocenters. The highest BCUT2D eigenvalue weighted by Gasteiger charge is 2.23. The molecule has 1 aliphatic carbocycles. The zero-order valence-electron chi connectivity index (χ0n) is 15.1. The van der Waals surface area contributed by atoms with E-state index in [2.05, 4.69) is 15.3 Å². The fraction of sp³-hybridized carbons (Fsp3) is 0.300. The topological polar surface area (TPSA) is 76.5 Å². The molecule has 1 saturated carbocycles. The van der Waals surface area contributed by atoms with Crippen molar-refractivity contribution in [2.45, 2.75) is 19.8 Å². The van der Waals surface area contributed by atoms with Crippen LogP contribution < -0.4 is 14.8 Å². The van der Waals surface area contributed by atoms with Gasteiger partial charge in [0.15, 0.2) is 11.5 Å². The Hall–Kier alpha value is -3.09. The van der Waals surface area contributed by atoms with Gasteiger partial charge in [0.2, 0.25) is 0 Å². The van der Waals surface area contributed by atoms with Crippen molar-refractivity contribution in [3.05, 3.63) is 42.0 Å². The Morgan fingerprint density at radius 1 is 1.22 bits per heavy atom. The first-order valence-electron chi connectivity index (χ1n) is 8.77. The summed E-state index contributed by atoms with van der Waals surface area (Å²) in [5, 5.41) is 13.5. The number of anilines is 2. The number of ether oxygens (including phenoxy) is 2. The van der Waals surface area contributed by atoms with E-state index in [9.17, 15) is 9.50 Å². The molecule has 0 bridgehead atoms. The van der Waals surface area contributed by atoms with Gasteiger partial charge < -0.3 is 19.9 Å². The molecule has 4 rings (SSSR count). The van der Waals surface area contributed by atoms with E-state index in [0.29, 0.717) is 46.3 Å². The predicted octanol–water partition coefficient (Wildman–Crippen LogP) is 4.32. The zero-order valence-corrected chi connectivity index (χ0v) is 15.1. The Morgan fingerprint density at radius 3 is 2.78 bits per heavy atom. The predicted molar refractivity (Wildman–Crippen MR) is 100 cm³/mol. The van der Waals surface area contributed by atoms with Gasteiger partial charge in [-0.3, -0.25) is 0 Å². The number of nitrogens with zero attached hydrogens (tertiary/aromatic N) is 2. The van der Waals surface area contributed by atoms with Crippen LogP contribution in [0.5, 0.6) is 17.2 Å². The summed E-state index contributed by atoms with van der Waals surface area (Å²) in [5.41, 5.74) is 1.22. The number of fused-ring (bicyclic) bond motifs is 1. The molecule has 0 aliphatic heterocycles. The molecule has 0 saturated heterocycles. The number of aromatic hydroxyl groups is 1. The summed E-state index contributed by atoms with van der Waals surface area (Å²) in [4.78, 5) is 8.53. The molecule has 2 N–H and O–H groups in total. The summed E-state index contributed by atoms with van der Waals surface area (Å²) in [6, 6.07) is 6.10. The molecule has 2 aromatic carbocycles. The second kappa shape index (κ2) is 6.90. The number of phenols is 1. The van der Waals surface area contributed by atoms with Crippen molar-refractivity contribution in [3.63, 3.8) is 0 Å². The van der Waals surface area contributed by atoms with Gasteiger partial charge in [-0.25, -0.2) is 14.4 Å². The van der Waals surface area contributed by atoms with Gasteiger partial charge in [-0.1, -0.05) is 0 Å². The number of hydrogen-bond acceptors (Lipinski definition) is 6. The number of hydrogen-bond donors (Lipinski definition) is 2. The van der Waals surface area contributed by atoms with E-state index in [4.69, 9.17) is 9.47 Å². The minimum absolute atomic E-state index is 0.00519. The first kappa shape index (κ1) is 17.3. The lowest BCUT2D eigenvalue weighted by Gasteiger charge is -2.15. The van der Waals surface area contributed by atoms with Crippen LogP contribution in [0, 0.1) is 18.7 Å². The molecule has 7 heteroatoms. The minimum atomic E-state index is -0.478. The van der Waals surface area contributed by atoms with Gasteiger partial charge in [0.1, 0.15) is 23.7 Å². The van der Waals surface area contributed by atoms with Crippen molar-refractivity contribution in [2.24, 2.45) is 5.92 Å². The van der Waals surface area contributed by atoms with Crippen LogP contribution in [0.15, 0.2) is 30.6 Å². The van der Waals surface area contributed by atoms with Crippen LogP contribution in [-0.4, -0.2) is 28.8 Å². The molecule has 1 heterocycles. The van der Waals surface area contributed by atoms with Crippen LogP contribution in [0.3, 0.4) is 0 Å². The number of halogens is 1. The van der Waals surface area contributed by atoms with E-state index in [1.165, 1.54) is 31.3 Å². The molecule has 3 aromatic rings. The normalized spacial score (nSPS) is 13.6. The molecule has 27 heavy (non-hydrogen) atoms. The maximum Gasteiger partial charge on any atom is 0.163 e. The fourth-order valence-electron chi connectivity index (χ4n) is 2.87. The Morgan fingerprint density at radius 2 is 2.04 bits per heavy atom. The standard InChI is InChI=1S/C20H20FN3O3/c1-11-16(25)6-5-14(21)19(11)24-20-13-7-17(26-2)18(27-9-12-3-4-12)8-15(13)22-10-23-20/h5-8,10,12,25H,3-4,9H2,1-2H3,(H,22,23,24). The van der Waals surface area contributed by atoms with Crippen molar-refractivity contribution < 1.29 is 19.0 Å². The Balaban J connectivity index is 1.74. The third-order valence-corrected chi connectivity index (χ3v) is 4.72. The van der Waals surface area contributed by atoms with E-state index in [1.54, 1.807) is 26.2 Å². The average molecular weight is 369 g/mol. The number of rotatable bonds is 6. The van der Waals surface area contributed by atoms with Crippen LogP contribution in [0.25, 0.3) is 10.9 Å². The monoisotopic (exact) mass is 369 g/mol. The third-order valence-electron chi connectivity index (χ3n) is 4.72. The minimum Gasteiger partial charge on any atom is -0.508 e. The number of benzene rings is 2. The van der Waals surface area contributed by atoms with Crippen molar-refractivity contribution >= 4 is 22.4 Å². The van der Waals surface area contributed by atoms with Crippen LogP contribution >= 0.6 is 0 Å². The molecular weight excluding hydrogens is 349 g/mol. The van der Waals surface area contributed by atoms with E-state index in [0.717, 1.165) is 0 Å². The van der Waals surface area contributed by atoms with Gasteiger partial charge in [0.05, 0.1) is 24.9 Å². The van der Waals surface area contributed by atoms with Crippen molar-refractivity contribution in [1.29, 1.82) is 0 Å². The highest BCUT2D eigenvalue weighted by molar-refractivity contribution is 5.93. The molecule has 1 fully saturated rings. The lowest BCUT2D eigenvalue weighted by Crippen LogP contribution is -2.03. The van der Waals surface area contributed by atoms with Gasteiger partial charge in [0.25, 0.3) is 0 Å². The first-order valence-corrected chi connectivity index (χ1v) is 8.77. The molecule has 1 aromatic heterocycles. The Labute approximate surface area is 156 Å². The molecule has 0 unspecified atom stereocenters. The first-order chi connectivity index (χ1) is 13.1. The van der Waals surface area contributed by atoms with Crippen molar-refractivity contribution in [1.82, 2.24) is 9.97 Å². The number of methoxy groups -OCH3 is 1. The summed E-state index contributed by atoms with van der Waals surface area (Å²) < 4.78 is 25.6. The molecular formula is C20H20FN3O3. The van der Waals surface area contributed by atoms with E-state index in [1.807, 2.05) is 0 Å². The molecule has 0 radical (unpaired) electrons. The summed E-state index contributed by atoms with van der Waals surface area (Å²) in [6.45, 7) is 2.29. The molecule has 1 aliphatic rings. The highest BCUT2D eigenvalue weighted by atomic mass is 19.1. The van der Waals surface area contributed by atoms with Crippen LogP contribution in [0.1, 0.15) is 18.4 Å². The maximum absolute atomic E-state index is 14.2. The van der Waals surface area contributed by atoms with Gasteiger partial charge in [0, 0.05) is 17.0 Å². The smallest absolute Gasteiger partial charge is 0.163 e. The average Bonchev–Trinajstić information content (AvgIpc) is 3.50. The van der Waals surface area contributed by atoms with Gasteiger partial charge in [-0.05, 0) is 43.9 Å². The number of nitrogens with one attached hydrogen (secondary N) is 1. The maximum atomic E-state index is 14.2.